The Kier molecular flexibility index (Phi) is 4.17. The monoisotopic (exact) mass is 258 g/mol. The van der Waals surface area contributed by atoms with Crippen LogP contribution in [0.4, 0.5) is 0 Å². The lowest BCUT2D eigenvalue weighted by molar-refractivity contribution is -0.121. The fourth-order valence-corrected chi connectivity index (χ4v) is 2.54. The lowest BCUT2D eigenvalue weighted by atomic mass is 9.77. The summed E-state index contributed by atoms with van der Waals surface area (Å²) < 4.78 is 5.01. The molecule has 1 aromatic rings. The first-order chi connectivity index (χ1) is 9.17. The van der Waals surface area contributed by atoms with Gasteiger partial charge in [-0.1, -0.05) is 36.4 Å². The molecule has 0 aromatic heterocycles. The van der Waals surface area contributed by atoms with E-state index in [1.54, 1.807) is 6.08 Å². The molecule has 3 atom stereocenters. The van der Waals surface area contributed by atoms with E-state index in [9.17, 15) is 9.90 Å². The molecule has 3 unspecified atom stereocenters. The maximum absolute atomic E-state index is 12.2. The minimum Gasteiger partial charge on any atom is -0.498 e. The van der Waals surface area contributed by atoms with Crippen molar-refractivity contribution in [3.8, 4) is 0 Å². The van der Waals surface area contributed by atoms with Crippen LogP contribution in [0.3, 0.4) is 0 Å². The fraction of sp³-hybridized carbons (Fsp3) is 0.312. The molecule has 1 aliphatic carbocycles. The van der Waals surface area contributed by atoms with E-state index in [1.165, 1.54) is 13.2 Å². The van der Waals surface area contributed by atoms with Crippen LogP contribution in [0.25, 0.3) is 0 Å². The number of rotatable bonds is 4. The molecule has 3 heteroatoms. The molecule has 1 N–H and O–H groups in total. The van der Waals surface area contributed by atoms with E-state index >= 15 is 0 Å². The third-order valence-electron chi connectivity index (χ3n) is 3.56. The molecule has 0 bridgehead atoms. The molecular formula is C16H18O3. The van der Waals surface area contributed by atoms with Gasteiger partial charge in [0.15, 0.2) is 5.78 Å². The van der Waals surface area contributed by atoms with Crippen molar-refractivity contribution in [3.63, 3.8) is 0 Å². The topological polar surface area (TPSA) is 46.5 Å². The summed E-state index contributed by atoms with van der Waals surface area (Å²) in [6.45, 7) is 3.83. The Morgan fingerprint density at radius 1 is 1.42 bits per heavy atom. The number of benzene rings is 1. The molecule has 0 radical (unpaired) electrons. The van der Waals surface area contributed by atoms with E-state index in [-0.39, 0.29) is 17.6 Å². The summed E-state index contributed by atoms with van der Waals surface area (Å²) >= 11 is 0. The van der Waals surface area contributed by atoms with E-state index in [0.29, 0.717) is 12.2 Å². The van der Waals surface area contributed by atoms with Crippen LogP contribution in [-0.4, -0.2) is 24.1 Å². The molecule has 0 heterocycles. The summed E-state index contributed by atoms with van der Waals surface area (Å²) in [5.41, 5.74) is 1.04. The highest BCUT2D eigenvalue weighted by molar-refractivity contribution is 5.94. The molecule has 100 valence electrons. The minimum absolute atomic E-state index is 0.0177. The van der Waals surface area contributed by atoms with Gasteiger partial charge in [0, 0.05) is 17.9 Å². The van der Waals surface area contributed by atoms with Crippen molar-refractivity contribution < 1.29 is 14.6 Å². The molecule has 1 aliphatic rings. The summed E-state index contributed by atoms with van der Waals surface area (Å²) in [6, 6.07) is 9.76. The molecule has 2 rings (SSSR count). The van der Waals surface area contributed by atoms with Crippen LogP contribution in [0.15, 0.2) is 54.8 Å². The Morgan fingerprint density at radius 2 is 2.11 bits per heavy atom. The summed E-state index contributed by atoms with van der Waals surface area (Å²) in [6.07, 6.45) is 2.82. The predicted molar refractivity (Wildman–Crippen MR) is 73.6 cm³/mol. The molecule has 0 saturated carbocycles. The van der Waals surface area contributed by atoms with Gasteiger partial charge in [-0.2, -0.15) is 0 Å². The molecule has 0 fully saturated rings. The predicted octanol–water partition coefficient (Wildman–Crippen LogP) is 2.44. The van der Waals surface area contributed by atoms with Gasteiger partial charge in [0.1, 0.15) is 11.9 Å². The second-order valence-corrected chi connectivity index (χ2v) is 4.68. The highest BCUT2D eigenvalue weighted by Crippen LogP contribution is 2.34. The van der Waals surface area contributed by atoms with Gasteiger partial charge in [0.05, 0.1) is 7.11 Å². The van der Waals surface area contributed by atoms with Crippen LogP contribution in [0.5, 0.6) is 0 Å². The van der Waals surface area contributed by atoms with E-state index in [1.807, 2.05) is 30.3 Å². The number of hydrogen-bond donors (Lipinski definition) is 1. The number of hydrogen-bond acceptors (Lipinski definition) is 3. The standard InChI is InChI=1S/C16H18O3/c1-3-12(11-7-5-4-6-8-11)13-9-15(18)16(19-2)10-14(13)17/h3-8,10,12-13,15,18H,1,9H2,2H3. The molecule has 0 amide bonds. The van der Waals surface area contributed by atoms with E-state index in [2.05, 4.69) is 6.58 Å². The van der Waals surface area contributed by atoms with E-state index in [0.717, 1.165) is 5.56 Å². The van der Waals surface area contributed by atoms with Crippen molar-refractivity contribution in [2.45, 2.75) is 18.4 Å². The van der Waals surface area contributed by atoms with Crippen LogP contribution < -0.4 is 0 Å². The summed E-state index contributed by atoms with van der Waals surface area (Å²) in [4.78, 5) is 12.2. The highest BCUT2D eigenvalue weighted by Gasteiger charge is 2.34. The average Bonchev–Trinajstić information content (AvgIpc) is 2.44. The lowest BCUT2D eigenvalue weighted by Crippen LogP contribution is -2.31. The first-order valence-corrected chi connectivity index (χ1v) is 6.32. The van der Waals surface area contributed by atoms with Crippen LogP contribution in [0.1, 0.15) is 17.9 Å². The molecule has 0 spiro atoms. The van der Waals surface area contributed by atoms with Crippen molar-refractivity contribution in [2.24, 2.45) is 5.92 Å². The Labute approximate surface area is 113 Å². The zero-order valence-electron chi connectivity index (χ0n) is 11.0. The van der Waals surface area contributed by atoms with Crippen molar-refractivity contribution in [3.05, 3.63) is 60.4 Å². The number of carbonyl (C=O) groups is 1. The van der Waals surface area contributed by atoms with Crippen molar-refractivity contribution in [2.75, 3.05) is 7.11 Å². The highest BCUT2D eigenvalue weighted by atomic mass is 16.5. The van der Waals surface area contributed by atoms with Crippen LogP contribution in [0, 0.1) is 5.92 Å². The van der Waals surface area contributed by atoms with E-state index < -0.39 is 6.10 Å². The quantitative estimate of drug-likeness (QED) is 0.844. The van der Waals surface area contributed by atoms with Crippen molar-refractivity contribution >= 4 is 5.78 Å². The molecule has 19 heavy (non-hydrogen) atoms. The zero-order valence-corrected chi connectivity index (χ0v) is 11.0. The van der Waals surface area contributed by atoms with Gasteiger partial charge in [-0.05, 0) is 12.0 Å². The van der Waals surface area contributed by atoms with Crippen molar-refractivity contribution in [1.29, 1.82) is 0 Å². The lowest BCUT2D eigenvalue weighted by Gasteiger charge is -2.29. The molecule has 3 nitrogen and oxygen atoms in total. The third kappa shape index (κ3) is 2.76. The van der Waals surface area contributed by atoms with Crippen LogP contribution in [0.2, 0.25) is 0 Å². The second kappa shape index (κ2) is 5.85. The average molecular weight is 258 g/mol. The Bertz CT molecular complexity index is 490. The number of carbonyl (C=O) groups excluding carboxylic acids is 1. The van der Waals surface area contributed by atoms with Gasteiger partial charge >= 0.3 is 0 Å². The zero-order chi connectivity index (χ0) is 13.8. The molecule has 1 aromatic carbocycles. The van der Waals surface area contributed by atoms with E-state index in [4.69, 9.17) is 4.74 Å². The number of methoxy groups -OCH3 is 1. The second-order valence-electron chi connectivity index (χ2n) is 4.68. The molecular weight excluding hydrogens is 240 g/mol. The third-order valence-corrected chi connectivity index (χ3v) is 3.56. The minimum atomic E-state index is -0.723. The van der Waals surface area contributed by atoms with Gasteiger partial charge in [-0.3, -0.25) is 4.79 Å². The maximum Gasteiger partial charge on any atom is 0.163 e. The summed E-state index contributed by atoms with van der Waals surface area (Å²) in [7, 11) is 1.46. The van der Waals surface area contributed by atoms with Gasteiger partial charge < -0.3 is 9.84 Å². The summed E-state index contributed by atoms with van der Waals surface area (Å²) in [5.74, 6) is -0.0418. The normalized spacial score (nSPS) is 24.5. The largest absolute Gasteiger partial charge is 0.498 e. The maximum atomic E-state index is 12.2. The number of aliphatic hydroxyl groups excluding tert-OH is 1. The number of ketones is 1. The summed E-state index contributed by atoms with van der Waals surface area (Å²) in [5, 5.41) is 9.97. The SMILES string of the molecule is C=CC(c1ccccc1)C1CC(O)C(OC)=CC1=O. The smallest absolute Gasteiger partial charge is 0.163 e. The molecule has 0 aliphatic heterocycles. The Morgan fingerprint density at radius 3 is 2.68 bits per heavy atom. The fourth-order valence-electron chi connectivity index (χ4n) is 2.54. The van der Waals surface area contributed by atoms with Crippen LogP contribution >= 0.6 is 0 Å². The van der Waals surface area contributed by atoms with Crippen LogP contribution in [-0.2, 0) is 9.53 Å². The number of aliphatic hydroxyl groups is 1. The van der Waals surface area contributed by atoms with Gasteiger partial charge in [-0.15, -0.1) is 6.58 Å². The Balaban J connectivity index is 2.28. The first kappa shape index (κ1) is 13.6. The van der Waals surface area contributed by atoms with Crippen molar-refractivity contribution in [1.82, 2.24) is 0 Å². The van der Waals surface area contributed by atoms with Gasteiger partial charge in [0.2, 0.25) is 0 Å². The number of allylic oxidation sites excluding steroid dienone is 2. The van der Waals surface area contributed by atoms with Gasteiger partial charge in [0.25, 0.3) is 0 Å². The van der Waals surface area contributed by atoms with Gasteiger partial charge in [-0.25, -0.2) is 0 Å². The molecule has 0 saturated heterocycles. The number of ether oxygens (including phenoxy) is 1. The first-order valence-electron chi connectivity index (χ1n) is 6.32. The Hall–Kier alpha value is -1.87.